The van der Waals surface area contributed by atoms with Gasteiger partial charge in [-0.05, 0) is 31.5 Å². The minimum atomic E-state index is 0.0146. The van der Waals surface area contributed by atoms with Gasteiger partial charge in [0.15, 0.2) is 0 Å². The Hall–Kier alpha value is -1.48. The molecule has 0 saturated heterocycles. The third kappa shape index (κ3) is 2.61. The second-order valence-corrected chi connectivity index (χ2v) is 4.78. The summed E-state index contributed by atoms with van der Waals surface area (Å²) in [5.74, 6) is 0.0146. The molecule has 17 heavy (non-hydrogen) atoms. The number of aromatic amines is 1. The molecule has 2 rings (SSSR count). The summed E-state index contributed by atoms with van der Waals surface area (Å²) in [6.45, 7) is 3.89. The minimum Gasteiger partial charge on any atom is -0.361 e. The number of fused-ring (bicyclic) bond motifs is 1. The molecule has 0 saturated carbocycles. The van der Waals surface area contributed by atoms with Crippen LogP contribution < -0.4 is 5.32 Å². The van der Waals surface area contributed by atoms with Crippen molar-refractivity contribution in [1.82, 2.24) is 10.3 Å². The Morgan fingerprint density at radius 1 is 1.47 bits per heavy atom. The molecule has 0 aliphatic heterocycles. The van der Waals surface area contributed by atoms with Crippen molar-refractivity contribution in [2.45, 2.75) is 26.3 Å². The van der Waals surface area contributed by atoms with Gasteiger partial charge in [0.25, 0.3) is 0 Å². The van der Waals surface area contributed by atoms with Gasteiger partial charge in [0.05, 0.1) is 11.4 Å². The standard InChI is InChI=1S/C13H15ClN2O/c1-8(2)16-12(17)6-9-7-15-11-5-3-4-10(14)13(9)11/h3-5,7-8,15H,6H2,1-2H3,(H,16,17). The zero-order chi connectivity index (χ0) is 12.4. The highest BCUT2D eigenvalue weighted by atomic mass is 35.5. The number of carbonyl (C=O) groups is 1. The maximum Gasteiger partial charge on any atom is 0.224 e. The van der Waals surface area contributed by atoms with Gasteiger partial charge in [-0.15, -0.1) is 0 Å². The minimum absolute atomic E-state index is 0.0146. The van der Waals surface area contributed by atoms with Gasteiger partial charge in [-0.1, -0.05) is 17.7 Å². The Kier molecular flexibility index (Phi) is 3.38. The van der Waals surface area contributed by atoms with Gasteiger partial charge in [-0.2, -0.15) is 0 Å². The van der Waals surface area contributed by atoms with Crippen LogP contribution in [-0.4, -0.2) is 16.9 Å². The van der Waals surface area contributed by atoms with Crippen molar-refractivity contribution in [1.29, 1.82) is 0 Å². The molecule has 0 atom stereocenters. The van der Waals surface area contributed by atoms with E-state index in [0.717, 1.165) is 16.5 Å². The van der Waals surface area contributed by atoms with E-state index in [-0.39, 0.29) is 11.9 Å². The molecule has 1 aromatic carbocycles. The van der Waals surface area contributed by atoms with E-state index in [4.69, 9.17) is 11.6 Å². The molecule has 0 unspecified atom stereocenters. The molecule has 4 heteroatoms. The summed E-state index contributed by atoms with van der Waals surface area (Å²) in [7, 11) is 0. The summed E-state index contributed by atoms with van der Waals surface area (Å²) in [5, 5.41) is 4.48. The van der Waals surface area contributed by atoms with Crippen molar-refractivity contribution in [3.05, 3.63) is 35.0 Å². The van der Waals surface area contributed by atoms with Gasteiger partial charge in [0.1, 0.15) is 0 Å². The van der Waals surface area contributed by atoms with Gasteiger partial charge < -0.3 is 10.3 Å². The van der Waals surface area contributed by atoms with Gasteiger partial charge in [-0.25, -0.2) is 0 Å². The third-order valence-electron chi connectivity index (χ3n) is 2.54. The molecule has 0 radical (unpaired) electrons. The van der Waals surface area contributed by atoms with E-state index in [0.29, 0.717) is 11.4 Å². The summed E-state index contributed by atoms with van der Waals surface area (Å²) < 4.78 is 0. The van der Waals surface area contributed by atoms with Crippen LogP contribution in [0.3, 0.4) is 0 Å². The SMILES string of the molecule is CC(C)NC(=O)Cc1c[nH]c2cccc(Cl)c12. The highest BCUT2D eigenvalue weighted by molar-refractivity contribution is 6.35. The largest absolute Gasteiger partial charge is 0.361 e. The Morgan fingerprint density at radius 3 is 2.94 bits per heavy atom. The molecule has 0 bridgehead atoms. The predicted octanol–water partition coefficient (Wildman–Crippen LogP) is 2.89. The van der Waals surface area contributed by atoms with E-state index >= 15 is 0 Å². The molecule has 0 fully saturated rings. The van der Waals surface area contributed by atoms with Crippen LogP contribution in [0.1, 0.15) is 19.4 Å². The van der Waals surface area contributed by atoms with Crippen LogP contribution >= 0.6 is 11.6 Å². The lowest BCUT2D eigenvalue weighted by molar-refractivity contribution is -0.120. The Bertz CT molecular complexity index is 545. The lowest BCUT2D eigenvalue weighted by atomic mass is 10.1. The monoisotopic (exact) mass is 250 g/mol. The molecule has 0 aliphatic rings. The van der Waals surface area contributed by atoms with E-state index in [2.05, 4.69) is 10.3 Å². The molecular weight excluding hydrogens is 236 g/mol. The van der Waals surface area contributed by atoms with Crippen molar-refractivity contribution in [3.63, 3.8) is 0 Å². The average Bonchev–Trinajstić information content (AvgIpc) is 2.61. The number of amides is 1. The molecule has 1 aromatic heterocycles. The first-order valence-electron chi connectivity index (χ1n) is 5.61. The highest BCUT2D eigenvalue weighted by Gasteiger charge is 2.11. The van der Waals surface area contributed by atoms with Crippen LogP contribution in [0, 0.1) is 0 Å². The fourth-order valence-electron chi connectivity index (χ4n) is 1.89. The molecule has 0 spiro atoms. The van der Waals surface area contributed by atoms with E-state index in [1.165, 1.54) is 0 Å². The topological polar surface area (TPSA) is 44.9 Å². The summed E-state index contributed by atoms with van der Waals surface area (Å²) in [6.07, 6.45) is 2.19. The van der Waals surface area contributed by atoms with Crippen LogP contribution in [0.5, 0.6) is 0 Å². The molecule has 1 amide bonds. The maximum absolute atomic E-state index is 11.7. The number of hydrogen-bond acceptors (Lipinski definition) is 1. The first-order chi connectivity index (χ1) is 8.08. The Labute approximate surface area is 105 Å². The average molecular weight is 251 g/mol. The molecule has 1 heterocycles. The van der Waals surface area contributed by atoms with E-state index in [1.54, 1.807) is 0 Å². The summed E-state index contributed by atoms with van der Waals surface area (Å²) in [5.41, 5.74) is 1.90. The fraction of sp³-hybridized carbons (Fsp3) is 0.308. The smallest absolute Gasteiger partial charge is 0.224 e. The second kappa shape index (κ2) is 4.80. The third-order valence-corrected chi connectivity index (χ3v) is 2.85. The zero-order valence-corrected chi connectivity index (χ0v) is 10.6. The molecular formula is C13H15ClN2O. The van der Waals surface area contributed by atoms with Gasteiger partial charge >= 0.3 is 0 Å². The van der Waals surface area contributed by atoms with Crippen molar-refractivity contribution in [2.24, 2.45) is 0 Å². The zero-order valence-electron chi connectivity index (χ0n) is 9.88. The summed E-state index contributed by atoms with van der Waals surface area (Å²) in [4.78, 5) is 14.8. The van der Waals surface area contributed by atoms with Gasteiger partial charge in [-0.3, -0.25) is 4.79 Å². The Balaban J connectivity index is 2.28. The normalized spacial score (nSPS) is 11.1. The number of aromatic nitrogens is 1. The quantitative estimate of drug-likeness (QED) is 0.865. The molecule has 2 N–H and O–H groups in total. The van der Waals surface area contributed by atoms with Gasteiger partial charge in [0, 0.05) is 23.1 Å². The molecule has 0 aliphatic carbocycles. The van der Waals surface area contributed by atoms with Crippen LogP contribution in [0.15, 0.2) is 24.4 Å². The van der Waals surface area contributed by atoms with Crippen LogP contribution in [-0.2, 0) is 11.2 Å². The number of rotatable bonds is 3. The molecule has 90 valence electrons. The van der Waals surface area contributed by atoms with Crippen LogP contribution in [0.2, 0.25) is 5.02 Å². The molecule has 3 nitrogen and oxygen atoms in total. The maximum atomic E-state index is 11.7. The Morgan fingerprint density at radius 2 is 2.24 bits per heavy atom. The lowest BCUT2D eigenvalue weighted by Gasteiger charge is -2.07. The van der Waals surface area contributed by atoms with Gasteiger partial charge in [0.2, 0.25) is 5.91 Å². The first kappa shape index (κ1) is 12.0. The van der Waals surface area contributed by atoms with Crippen LogP contribution in [0.25, 0.3) is 10.9 Å². The molecule has 2 aromatic rings. The van der Waals surface area contributed by atoms with Crippen molar-refractivity contribution < 1.29 is 4.79 Å². The first-order valence-corrected chi connectivity index (χ1v) is 5.99. The lowest BCUT2D eigenvalue weighted by Crippen LogP contribution is -2.31. The number of benzene rings is 1. The van der Waals surface area contributed by atoms with E-state index in [1.807, 2.05) is 38.2 Å². The fourth-order valence-corrected chi connectivity index (χ4v) is 2.19. The number of H-pyrrole nitrogens is 1. The predicted molar refractivity (Wildman–Crippen MR) is 70.3 cm³/mol. The summed E-state index contributed by atoms with van der Waals surface area (Å²) >= 11 is 6.14. The second-order valence-electron chi connectivity index (χ2n) is 4.38. The number of halogens is 1. The van der Waals surface area contributed by atoms with Crippen molar-refractivity contribution in [2.75, 3.05) is 0 Å². The van der Waals surface area contributed by atoms with Crippen LogP contribution in [0.4, 0.5) is 0 Å². The van der Waals surface area contributed by atoms with E-state index < -0.39 is 0 Å². The highest BCUT2D eigenvalue weighted by Crippen LogP contribution is 2.26. The van der Waals surface area contributed by atoms with E-state index in [9.17, 15) is 4.79 Å². The number of carbonyl (C=O) groups excluding carboxylic acids is 1. The number of nitrogens with one attached hydrogen (secondary N) is 2. The van der Waals surface area contributed by atoms with Crippen molar-refractivity contribution >= 4 is 28.4 Å². The van der Waals surface area contributed by atoms with Crippen molar-refractivity contribution in [3.8, 4) is 0 Å². The number of hydrogen-bond donors (Lipinski definition) is 2. The summed E-state index contributed by atoms with van der Waals surface area (Å²) in [6, 6.07) is 5.83.